The maximum atomic E-state index is 11.7. The number of nitrogens with one attached hydrogen (secondary N) is 1. The van der Waals surface area contributed by atoms with Crippen LogP contribution in [0.15, 0.2) is 48.5 Å². The third-order valence-corrected chi connectivity index (χ3v) is 4.40. The van der Waals surface area contributed by atoms with Crippen LogP contribution in [-0.2, 0) is 16.1 Å². The Morgan fingerprint density at radius 2 is 1.77 bits per heavy atom. The van der Waals surface area contributed by atoms with Crippen LogP contribution in [0.2, 0.25) is 0 Å². The van der Waals surface area contributed by atoms with E-state index in [1.807, 2.05) is 24.3 Å². The molecule has 3 rings (SSSR count). The fourth-order valence-electron chi connectivity index (χ4n) is 3.05. The summed E-state index contributed by atoms with van der Waals surface area (Å²) < 4.78 is 10.6. The molecule has 0 aliphatic rings. The first-order valence-electron chi connectivity index (χ1n) is 9.47. The molecule has 0 amide bonds. The van der Waals surface area contributed by atoms with Gasteiger partial charge >= 0.3 is 11.9 Å². The molecule has 0 bridgehead atoms. The Labute approximate surface area is 177 Å². The number of fused-ring (bicyclic) bond motifs is 1. The number of carboxylic acid groups (broad SMARTS) is 2. The lowest BCUT2D eigenvalue weighted by Crippen LogP contribution is -2.45. The van der Waals surface area contributed by atoms with E-state index in [0.29, 0.717) is 12.4 Å². The van der Waals surface area contributed by atoms with Gasteiger partial charge in [-0.05, 0) is 31.3 Å². The number of aromatic nitrogens is 2. The molecule has 4 N–H and O–H groups in total. The zero-order valence-electron chi connectivity index (χ0n) is 16.8. The lowest BCUT2D eigenvalue weighted by atomic mass is 10.2. The number of benzene rings is 2. The number of imidazole rings is 1. The SMILES string of the molecule is CN(Cc1nc2ccccc2[nH]1)CC(O)C(Oc1ccccc1OCC(=O)O)C(=O)O. The average molecular weight is 429 g/mol. The van der Waals surface area contributed by atoms with Crippen molar-refractivity contribution in [2.45, 2.75) is 18.8 Å². The van der Waals surface area contributed by atoms with Crippen molar-refractivity contribution in [1.82, 2.24) is 14.9 Å². The van der Waals surface area contributed by atoms with Crippen molar-refractivity contribution < 1.29 is 34.4 Å². The van der Waals surface area contributed by atoms with E-state index in [-0.39, 0.29) is 18.0 Å². The van der Waals surface area contributed by atoms with Crippen LogP contribution < -0.4 is 9.47 Å². The fourth-order valence-corrected chi connectivity index (χ4v) is 3.05. The summed E-state index contributed by atoms with van der Waals surface area (Å²) in [6.45, 7) is -0.260. The van der Waals surface area contributed by atoms with Gasteiger partial charge in [-0.2, -0.15) is 0 Å². The number of aliphatic carboxylic acids is 2. The molecule has 0 aliphatic heterocycles. The van der Waals surface area contributed by atoms with E-state index in [2.05, 4.69) is 9.97 Å². The fraction of sp³-hybridized carbons (Fsp3) is 0.286. The second-order valence-corrected chi connectivity index (χ2v) is 6.97. The summed E-state index contributed by atoms with van der Waals surface area (Å²) in [5.41, 5.74) is 1.70. The van der Waals surface area contributed by atoms with Gasteiger partial charge in [-0.25, -0.2) is 14.6 Å². The van der Waals surface area contributed by atoms with Crippen molar-refractivity contribution >= 4 is 23.0 Å². The van der Waals surface area contributed by atoms with E-state index >= 15 is 0 Å². The van der Waals surface area contributed by atoms with Crippen LogP contribution in [0.3, 0.4) is 0 Å². The maximum absolute atomic E-state index is 11.7. The number of H-pyrrole nitrogens is 1. The van der Waals surface area contributed by atoms with Gasteiger partial charge in [0.1, 0.15) is 11.9 Å². The van der Waals surface area contributed by atoms with Gasteiger partial charge in [-0.15, -0.1) is 0 Å². The molecule has 2 atom stereocenters. The van der Waals surface area contributed by atoms with Crippen LogP contribution in [0, 0.1) is 0 Å². The van der Waals surface area contributed by atoms with Gasteiger partial charge in [0.25, 0.3) is 0 Å². The van der Waals surface area contributed by atoms with Crippen molar-refractivity contribution in [2.75, 3.05) is 20.2 Å². The Morgan fingerprint density at radius 3 is 2.45 bits per heavy atom. The number of aromatic amines is 1. The van der Waals surface area contributed by atoms with Gasteiger partial charge in [0.05, 0.1) is 17.6 Å². The molecule has 10 nitrogen and oxygen atoms in total. The zero-order valence-corrected chi connectivity index (χ0v) is 16.8. The quantitative estimate of drug-likeness (QED) is 0.355. The summed E-state index contributed by atoms with van der Waals surface area (Å²) in [4.78, 5) is 31.8. The molecular weight excluding hydrogens is 406 g/mol. The maximum Gasteiger partial charge on any atom is 0.347 e. The number of hydrogen-bond acceptors (Lipinski definition) is 7. The van der Waals surface area contributed by atoms with Crippen LogP contribution in [0.4, 0.5) is 0 Å². The van der Waals surface area contributed by atoms with Crippen LogP contribution in [-0.4, -0.2) is 74.5 Å². The molecule has 0 aliphatic carbocycles. The van der Waals surface area contributed by atoms with E-state index in [1.165, 1.54) is 12.1 Å². The normalized spacial score (nSPS) is 13.1. The highest BCUT2D eigenvalue weighted by atomic mass is 16.6. The van der Waals surface area contributed by atoms with Crippen LogP contribution in [0.5, 0.6) is 11.5 Å². The number of rotatable bonds is 11. The second-order valence-electron chi connectivity index (χ2n) is 6.97. The Bertz CT molecular complexity index is 1020. The number of ether oxygens (including phenoxy) is 2. The van der Waals surface area contributed by atoms with Crippen molar-refractivity contribution in [3.8, 4) is 11.5 Å². The number of likely N-dealkylation sites (N-methyl/N-ethyl adjacent to an activating group) is 1. The summed E-state index contributed by atoms with van der Waals surface area (Å²) in [6.07, 6.45) is -2.97. The molecule has 2 aromatic carbocycles. The zero-order chi connectivity index (χ0) is 22.4. The Balaban J connectivity index is 1.65. The van der Waals surface area contributed by atoms with E-state index in [1.54, 1.807) is 24.1 Å². The van der Waals surface area contributed by atoms with Crippen molar-refractivity contribution in [2.24, 2.45) is 0 Å². The molecule has 31 heavy (non-hydrogen) atoms. The highest BCUT2D eigenvalue weighted by Gasteiger charge is 2.30. The molecule has 1 aromatic heterocycles. The van der Waals surface area contributed by atoms with E-state index in [0.717, 1.165) is 11.0 Å². The second kappa shape index (κ2) is 9.92. The summed E-state index contributed by atoms with van der Waals surface area (Å²) in [6, 6.07) is 13.6. The van der Waals surface area contributed by atoms with E-state index in [9.17, 15) is 19.8 Å². The number of carbonyl (C=O) groups is 2. The molecule has 0 saturated carbocycles. The largest absolute Gasteiger partial charge is 0.479 e. The summed E-state index contributed by atoms with van der Waals surface area (Å²) in [5.74, 6) is -1.78. The summed E-state index contributed by atoms with van der Waals surface area (Å²) in [5, 5.41) is 28.9. The highest BCUT2D eigenvalue weighted by molar-refractivity contribution is 5.75. The summed E-state index contributed by atoms with van der Waals surface area (Å²) in [7, 11) is 1.72. The molecule has 0 spiro atoms. The van der Waals surface area contributed by atoms with Crippen LogP contribution in [0.1, 0.15) is 5.82 Å². The monoisotopic (exact) mass is 429 g/mol. The molecule has 0 fully saturated rings. The van der Waals surface area contributed by atoms with Gasteiger partial charge < -0.3 is 29.8 Å². The standard InChI is InChI=1S/C21H23N3O7/c1-24(11-18-22-13-6-2-3-7-14(13)23-18)10-15(25)20(21(28)29)31-17-9-5-4-8-16(17)30-12-19(26)27/h2-9,15,20,25H,10-12H2,1H3,(H,22,23)(H,26,27)(H,28,29). The van der Waals surface area contributed by atoms with Crippen molar-refractivity contribution in [1.29, 1.82) is 0 Å². The number of aliphatic hydroxyl groups excluding tert-OH is 1. The number of nitrogens with zero attached hydrogens (tertiary/aromatic N) is 2. The van der Waals surface area contributed by atoms with Crippen molar-refractivity contribution in [3.05, 3.63) is 54.4 Å². The predicted octanol–water partition coefficient (Wildman–Crippen LogP) is 1.35. The molecule has 2 unspecified atom stereocenters. The molecule has 1 heterocycles. The highest BCUT2D eigenvalue weighted by Crippen LogP contribution is 2.28. The third-order valence-electron chi connectivity index (χ3n) is 4.40. The lowest BCUT2D eigenvalue weighted by molar-refractivity contribution is -0.151. The minimum absolute atomic E-state index is 0.00778. The van der Waals surface area contributed by atoms with E-state index < -0.39 is 30.8 Å². The van der Waals surface area contributed by atoms with Gasteiger partial charge in [0, 0.05) is 6.54 Å². The first kappa shape index (κ1) is 22.1. The minimum Gasteiger partial charge on any atom is -0.479 e. The molecule has 3 aromatic rings. The van der Waals surface area contributed by atoms with E-state index in [4.69, 9.17) is 14.6 Å². The van der Waals surface area contributed by atoms with Crippen molar-refractivity contribution in [3.63, 3.8) is 0 Å². The predicted molar refractivity (Wildman–Crippen MR) is 110 cm³/mol. The smallest absolute Gasteiger partial charge is 0.347 e. The Morgan fingerprint density at radius 1 is 1.10 bits per heavy atom. The van der Waals surface area contributed by atoms with Gasteiger partial charge in [-0.3, -0.25) is 4.90 Å². The topological polar surface area (TPSA) is 145 Å². The molecule has 10 heteroatoms. The number of para-hydroxylation sites is 4. The van der Waals surface area contributed by atoms with Gasteiger partial charge in [-0.1, -0.05) is 24.3 Å². The number of hydrogen-bond donors (Lipinski definition) is 4. The molecular formula is C21H23N3O7. The first-order chi connectivity index (χ1) is 14.8. The Hall–Kier alpha value is -3.63. The molecule has 0 saturated heterocycles. The molecule has 164 valence electrons. The van der Waals surface area contributed by atoms with Crippen LogP contribution in [0.25, 0.3) is 11.0 Å². The third kappa shape index (κ3) is 5.93. The average Bonchev–Trinajstić information content (AvgIpc) is 3.12. The minimum atomic E-state index is -1.59. The lowest BCUT2D eigenvalue weighted by Gasteiger charge is -2.25. The number of aliphatic hydroxyl groups is 1. The Kier molecular flexibility index (Phi) is 7.06. The summed E-state index contributed by atoms with van der Waals surface area (Å²) >= 11 is 0. The molecule has 0 radical (unpaired) electrons. The van der Waals surface area contributed by atoms with Crippen LogP contribution >= 0.6 is 0 Å². The first-order valence-corrected chi connectivity index (χ1v) is 9.47. The van der Waals surface area contributed by atoms with Gasteiger partial charge in [0.15, 0.2) is 18.1 Å². The number of carboxylic acids is 2. The van der Waals surface area contributed by atoms with Gasteiger partial charge in [0.2, 0.25) is 6.10 Å².